The van der Waals surface area contributed by atoms with E-state index in [1.165, 1.54) is 0 Å². The molecule has 0 fully saturated rings. The van der Waals surface area contributed by atoms with Gasteiger partial charge in [-0.05, 0) is 25.5 Å². The molecule has 1 aromatic carbocycles. The SMILES string of the molecule is C[C@@H](CNCCCO)NC(=O)OCc1ccccc1. The fourth-order valence-electron chi connectivity index (χ4n) is 1.54. The first kappa shape index (κ1) is 15.5. The van der Waals surface area contributed by atoms with Crippen LogP contribution in [0, 0.1) is 0 Å². The van der Waals surface area contributed by atoms with Gasteiger partial charge in [0.05, 0.1) is 0 Å². The number of ether oxygens (including phenoxy) is 1. The number of amides is 1. The highest BCUT2D eigenvalue weighted by Crippen LogP contribution is 2.00. The van der Waals surface area contributed by atoms with Crippen molar-refractivity contribution in [2.75, 3.05) is 19.7 Å². The van der Waals surface area contributed by atoms with Crippen LogP contribution >= 0.6 is 0 Å². The van der Waals surface area contributed by atoms with E-state index in [0.29, 0.717) is 13.0 Å². The quantitative estimate of drug-likeness (QED) is 0.620. The Morgan fingerprint density at radius 3 is 2.79 bits per heavy atom. The van der Waals surface area contributed by atoms with Crippen LogP contribution in [-0.2, 0) is 11.3 Å². The molecule has 1 atom stereocenters. The maximum atomic E-state index is 11.5. The van der Waals surface area contributed by atoms with Crippen molar-refractivity contribution in [1.82, 2.24) is 10.6 Å². The van der Waals surface area contributed by atoms with Gasteiger partial charge in [0.25, 0.3) is 0 Å². The Morgan fingerprint density at radius 2 is 2.11 bits per heavy atom. The van der Waals surface area contributed by atoms with Crippen molar-refractivity contribution in [3.63, 3.8) is 0 Å². The molecule has 1 amide bonds. The van der Waals surface area contributed by atoms with Crippen LogP contribution in [0.25, 0.3) is 0 Å². The highest BCUT2D eigenvalue weighted by molar-refractivity contribution is 5.67. The van der Waals surface area contributed by atoms with Gasteiger partial charge < -0.3 is 20.5 Å². The Balaban J connectivity index is 2.13. The zero-order valence-electron chi connectivity index (χ0n) is 11.3. The summed E-state index contributed by atoms with van der Waals surface area (Å²) in [7, 11) is 0. The molecule has 0 aromatic heterocycles. The maximum absolute atomic E-state index is 11.5. The van der Waals surface area contributed by atoms with Crippen LogP contribution in [-0.4, -0.2) is 36.9 Å². The van der Waals surface area contributed by atoms with Crippen molar-refractivity contribution < 1.29 is 14.6 Å². The number of rotatable bonds is 8. The lowest BCUT2D eigenvalue weighted by Crippen LogP contribution is -2.40. The van der Waals surface area contributed by atoms with Gasteiger partial charge in [0, 0.05) is 19.2 Å². The van der Waals surface area contributed by atoms with Crippen molar-refractivity contribution in [1.29, 1.82) is 0 Å². The molecule has 0 spiro atoms. The van der Waals surface area contributed by atoms with Gasteiger partial charge in [0.2, 0.25) is 0 Å². The summed E-state index contributed by atoms with van der Waals surface area (Å²) < 4.78 is 5.11. The summed E-state index contributed by atoms with van der Waals surface area (Å²) >= 11 is 0. The van der Waals surface area contributed by atoms with E-state index in [4.69, 9.17) is 9.84 Å². The predicted molar refractivity (Wildman–Crippen MR) is 73.8 cm³/mol. The average molecular weight is 266 g/mol. The minimum Gasteiger partial charge on any atom is -0.445 e. The van der Waals surface area contributed by atoms with Crippen molar-refractivity contribution in [2.24, 2.45) is 0 Å². The Labute approximate surface area is 114 Å². The van der Waals surface area contributed by atoms with Crippen LogP contribution in [0.3, 0.4) is 0 Å². The molecule has 1 rings (SSSR count). The summed E-state index contributed by atoms with van der Waals surface area (Å²) in [6.07, 6.45) is 0.297. The van der Waals surface area contributed by atoms with E-state index in [9.17, 15) is 4.79 Å². The van der Waals surface area contributed by atoms with Crippen LogP contribution in [0.1, 0.15) is 18.9 Å². The second kappa shape index (κ2) is 9.35. The Bertz CT molecular complexity index is 357. The number of hydrogen-bond donors (Lipinski definition) is 3. The third-order valence-electron chi connectivity index (χ3n) is 2.54. The van der Waals surface area contributed by atoms with E-state index >= 15 is 0 Å². The minimum atomic E-state index is -0.416. The van der Waals surface area contributed by atoms with Gasteiger partial charge >= 0.3 is 6.09 Å². The molecule has 0 aliphatic rings. The van der Waals surface area contributed by atoms with E-state index in [-0.39, 0.29) is 19.3 Å². The number of aliphatic hydroxyl groups is 1. The molecule has 0 bridgehead atoms. The number of carbonyl (C=O) groups is 1. The first-order chi connectivity index (χ1) is 9.22. The van der Waals surface area contributed by atoms with Gasteiger partial charge in [-0.3, -0.25) is 0 Å². The van der Waals surface area contributed by atoms with Crippen LogP contribution in [0.2, 0.25) is 0 Å². The molecule has 1 aromatic rings. The zero-order valence-corrected chi connectivity index (χ0v) is 11.3. The number of nitrogens with one attached hydrogen (secondary N) is 2. The van der Waals surface area contributed by atoms with Gasteiger partial charge in [0.1, 0.15) is 6.61 Å². The minimum absolute atomic E-state index is 0.0121. The maximum Gasteiger partial charge on any atom is 0.407 e. The first-order valence-corrected chi connectivity index (χ1v) is 6.51. The molecule has 0 aliphatic heterocycles. The average Bonchev–Trinajstić information content (AvgIpc) is 2.42. The summed E-state index contributed by atoms with van der Waals surface area (Å²) in [6.45, 7) is 3.74. The smallest absolute Gasteiger partial charge is 0.407 e. The van der Waals surface area contributed by atoms with Gasteiger partial charge in [-0.25, -0.2) is 4.79 Å². The highest BCUT2D eigenvalue weighted by atomic mass is 16.5. The summed E-state index contributed by atoms with van der Waals surface area (Å²) in [5.41, 5.74) is 0.964. The van der Waals surface area contributed by atoms with Crippen LogP contribution in [0.15, 0.2) is 30.3 Å². The monoisotopic (exact) mass is 266 g/mol. The van der Waals surface area contributed by atoms with Crippen molar-refractivity contribution >= 4 is 6.09 Å². The second-order valence-electron chi connectivity index (χ2n) is 4.39. The fourth-order valence-corrected chi connectivity index (χ4v) is 1.54. The third-order valence-corrected chi connectivity index (χ3v) is 2.54. The molecule has 0 radical (unpaired) electrons. The Morgan fingerprint density at radius 1 is 1.37 bits per heavy atom. The molecular weight excluding hydrogens is 244 g/mol. The molecule has 0 saturated carbocycles. The van der Waals surface area contributed by atoms with Gasteiger partial charge in [-0.1, -0.05) is 30.3 Å². The lowest BCUT2D eigenvalue weighted by Gasteiger charge is -2.14. The predicted octanol–water partition coefficient (Wildman–Crippen LogP) is 1.27. The molecule has 106 valence electrons. The number of carbonyl (C=O) groups excluding carboxylic acids is 1. The Hall–Kier alpha value is -1.59. The summed E-state index contributed by atoms with van der Waals surface area (Å²) in [4.78, 5) is 11.5. The molecule has 0 heterocycles. The molecule has 0 unspecified atom stereocenters. The van der Waals surface area contributed by atoms with E-state index in [1.807, 2.05) is 37.3 Å². The largest absolute Gasteiger partial charge is 0.445 e. The van der Waals surface area contributed by atoms with Crippen molar-refractivity contribution in [2.45, 2.75) is 26.0 Å². The van der Waals surface area contributed by atoms with Gasteiger partial charge in [0.15, 0.2) is 0 Å². The molecule has 19 heavy (non-hydrogen) atoms. The molecule has 0 aliphatic carbocycles. The van der Waals surface area contributed by atoms with Gasteiger partial charge in [-0.15, -0.1) is 0 Å². The van der Waals surface area contributed by atoms with E-state index in [0.717, 1.165) is 12.1 Å². The standard InChI is InChI=1S/C14H22N2O3/c1-12(10-15-8-5-9-17)16-14(18)19-11-13-6-3-2-4-7-13/h2-4,6-7,12,15,17H,5,8-11H2,1H3,(H,16,18)/t12-/m0/s1. The third kappa shape index (κ3) is 7.43. The second-order valence-corrected chi connectivity index (χ2v) is 4.39. The topological polar surface area (TPSA) is 70.6 Å². The summed E-state index contributed by atoms with van der Waals surface area (Å²) in [5, 5.41) is 14.5. The number of alkyl carbamates (subject to hydrolysis) is 1. The lowest BCUT2D eigenvalue weighted by molar-refractivity contribution is 0.136. The molecular formula is C14H22N2O3. The fraction of sp³-hybridized carbons (Fsp3) is 0.500. The van der Waals surface area contributed by atoms with E-state index < -0.39 is 6.09 Å². The zero-order chi connectivity index (χ0) is 13.9. The van der Waals surface area contributed by atoms with Gasteiger partial charge in [-0.2, -0.15) is 0 Å². The van der Waals surface area contributed by atoms with Crippen molar-refractivity contribution in [3.8, 4) is 0 Å². The molecule has 0 saturated heterocycles. The molecule has 3 N–H and O–H groups in total. The molecule has 5 heteroatoms. The van der Waals surface area contributed by atoms with E-state index in [2.05, 4.69) is 10.6 Å². The van der Waals surface area contributed by atoms with Crippen molar-refractivity contribution in [3.05, 3.63) is 35.9 Å². The van der Waals surface area contributed by atoms with Crippen LogP contribution in [0.5, 0.6) is 0 Å². The summed E-state index contributed by atoms with van der Waals surface area (Å²) in [6, 6.07) is 9.54. The first-order valence-electron chi connectivity index (χ1n) is 6.51. The lowest BCUT2D eigenvalue weighted by atomic mass is 10.2. The number of hydrogen-bond acceptors (Lipinski definition) is 4. The van der Waals surface area contributed by atoms with Crippen LogP contribution in [0.4, 0.5) is 4.79 Å². The molecule has 5 nitrogen and oxygen atoms in total. The normalized spacial score (nSPS) is 11.9. The summed E-state index contributed by atoms with van der Waals surface area (Å²) in [5.74, 6) is 0. The highest BCUT2D eigenvalue weighted by Gasteiger charge is 2.07. The van der Waals surface area contributed by atoms with E-state index in [1.54, 1.807) is 0 Å². The number of benzene rings is 1. The Kier molecular flexibility index (Phi) is 7.62. The number of aliphatic hydroxyl groups excluding tert-OH is 1. The van der Waals surface area contributed by atoms with Crippen LogP contribution < -0.4 is 10.6 Å².